The lowest BCUT2D eigenvalue weighted by Gasteiger charge is -2.38. The first-order valence-corrected chi connectivity index (χ1v) is 20.2. The summed E-state index contributed by atoms with van der Waals surface area (Å²) in [7, 11) is 0. The van der Waals surface area contributed by atoms with E-state index < -0.39 is 0 Å². The van der Waals surface area contributed by atoms with Crippen molar-refractivity contribution in [1.29, 1.82) is 5.26 Å². The number of aryl methyl sites for hydroxylation is 1. The predicted molar refractivity (Wildman–Crippen MR) is 228 cm³/mol. The van der Waals surface area contributed by atoms with Crippen LogP contribution >= 0.6 is 23.2 Å². The summed E-state index contributed by atoms with van der Waals surface area (Å²) in [5.74, 6) is 2.14. The molecule has 0 fully saturated rings. The van der Waals surface area contributed by atoms with Gasteiger partial charge < -0.3 is 19.5 Å². The molecule has 0 aromatic heterocycles. The number of hydrogen-bond donors (Lipinski definition) is 1. The first-order valence-electron chi connectivity index (χ1n) is 19.5. The van der Waals surface area contributed by atoms with Crippen LogP contribution in [0.2, 0.25) is 10.0 Å². The van der Waals surface area contributed by atoms with Crippen LogP contribution in [0.5, 0.6) is 17.2 Å². The van der Waals surface area contributed by atoms with E-state index in [1.54, 1.807) is 6.07 Å². The number of carbonyl (C=O) groups is 1. The first kappa shape index (κ1) is 39.1. The molecule has 2 aliphatic rings. The maximum atomic E-state index is 14.2. The van der Waals surface area contributed by atoms with E-state index in [-0.39, 0.29) is 24.1 Å². The Bertz CT molecular complexity index is 2460. The highest BCUT2D eigenvalue weighted by atomic mass is 35.5. The molecular weight excluding hydrogens is 765 g/mol. The maximum Gasteiger partial charge on any atom is 0.237 e. The lowest BCUT2D eigenvalue weighted by atomic mass is 9.91. The van der Waals surface area contributed by atoms with Gasteiger partial charge in [-0.1, -0.05) is 102 Å². The third-order valence-electron chi connectivity index (χ3n) is 11.0. The number of benzene rings is 6. The molecule has 1 amide bonds. The van der Waals surface area contributed by atoms with Crippen LogP contribution in [-0.4, -0.2) is 29.5 Å². The Hall–Kier alpha value is -5.78. The largest absolute Gasteiger partial charge is 0.489 e. The predicted octanol–water partition coefficient (Wildman–Crippen LogP) is 10.6. The highest BCUT2D eigenvalue weighted by molar-refractivity contribution is 6.42. The minimum Gasteiger partial charge on any atom is -0.489 e. The van der Waals surface area contributed by atoms with E-state index in [0.717, 1.165) is 44.7 Å². The van der Waals surface area contributed by atoms with Gasteiger partial charge in [0, 0.05) is 19.1 Å². The number of halogens is 2. The Morgan fingerprint density at radius 2 is 1.57 bits per heavy atom. The van der Waals surface area contributed by atoms with Crippen LogP contribution < -0.4 is 19.5 Å². The quantitative estimate of drug-likeness (QED) is 0.140. The molecule has 7 nitrogen and oxygen atoms in total. The molecule has 58 heavy (non-hydrogen) atoms. The van der Waals surface area contributed by atoms with E-state index >= 15 is 0 Å². The third-order valence-corrected chi connectivity index (χ3v) is 11.7. The van der Waals surface area contributed by atoms with Crippen LogP contribution in [0.3, 0.4) is 0 Å². The average Bonchev–Trinajstić information content (AvgIpc) is 3.24. The molecule has 1 N–H and O–H groups in total. The van der Waals surface area contributed by atoms with Crippen LogP contribution in [0, 0.1) is 18.3 Å². The molecule has 2 aliphatic heterocycles. The summed E-state index contributed by atoms with van der Waals surface area (Å²) in [5, 5.41) is 13.5. The Morgan fingerprint density at radius 3 is 2.29 bits per heavy atom. The summed E-state index contributed by atoms with van der Waals surface area (Å²) in [5.41, 5.74) is 10.5. The normalized spacial score (nSPS) is 16.5. The van der Waals surface area contributed by atoms with Gasteiger partial charge in [0.25, 0.3) is 0 Å². The molecule has 0 bridgehead atoms. The minimum atomic E-state index is -0.360. The second-order valence-electron chi connectivity index (χ2n) is 15.1. The van der Waals surface area contributed by atoms with E-state index in [4.69, 9.17) is 42.7 Å². The monoisotopic (exact) mass is 807 g/mol. The van der Waals surface area contributed by atoms with E-state index in [9.17, 15) is 4.79 Å². The van der Waals surface area contributed by atoms with Gasteiger partial charge >= 0.3 is 0 Å². The van der Waals surface area contributed by atoms with Gasteiger partial charge in [-0.2, -0.15) is 5.26 Å². The number of nitrogens with one attached hydrogen (secondary N) is 1. The number of ether oxygens (including phenoxy) is 3. The standard InChI is InChI=1S/C49H43Cl2N3O4/c1-31-5-3-4-6-39(31)27-54-28-41-25-47-46(57-30-48(58-47)38-16-18-42(19-17-38)56-29-35-11-20-43(50)44(51)22-35)24-40(41)23-45(54)49(55)53-32(2)21-33-7-12-36(13-8-33)37-14-9-34(26-52)10-15-37/h3-20,22,24-25,32,45,48H,21,23,27-30H2,1-2H3,(H,53,55)/t32-,45+,48?/m1/s1. The van der Waals surface area contributed by atoms with Crippen molar-refractivity contribution in [3.8, 4) is 34.4 Å². The molecule has 2 heterocycles. The van der Waals surface area contributed by atoms with Crippen molar-refractivity contribution in [2.75, 3.05) is 6.61 Å². The van der Waals surface area contributed by atoms with Gasteiger partial charge in [0.05, 0.1) is 27.7 Å². The molecule has 0 saturated heterocycles. The summed E-state index contributed by atoms with van der Waals surface area (Å²) in [6, 6.07) is 43.6. The molecule has 1 unspecified atom stereocenters. The molecular formula is C49H43Cl2N3O4. The number of carbonyl (C=O) groups excluding carboxylic acids is 1. The second-order valence-corrected chi connectivity index (χ2v) is 16.0. The highest BCUT2D eigenvalue weighted by Gasteiger charge is 2.34. The van der Waals surface area contributed by atoms with Crippen LogP contribution in [-0.2, 0) is 37.3 Å². The van der Waals surface area contributed by atoms with E-state index in [1.165, 1.54) is 11.1 Å². The number of amides is 1. The van der Waals surface area contributed by atoms with Crippen molar-refractivity contribution in [2.45, 2.75) is 64.6 Å². The Labute approximate surface area is 349 Å². The fraction of sp³-hybridized carbons (Fsp3) is 0.224. The second kappa shape index (κ2) is 17.4. The zero-order valence-corrected chi connectivity index (χ0v) is 33.9. The number of fused-ring (bicyclic) bond motifs is 2. The Balaban J connectivity index is 0.942. The molecule has 0 aliphatic carbocycles. The molecule has 6 aromatic carbocycles. The average molecular weight is 809 g/mol. The van der Waals surface area contributed by atoms with Crippen molar-refractivity contribution in [2.24, 2.45) is 0 Å². The van der Waals surface area contributed by atoms with Crippen molar-refractivity contribution in [1.82, 2.24) is 10.2 Å². The summed E-state index contributed by atoms with van der Waals surface area (Å²) in [6.45, 7) is 6.16. The Kier molecular flexibility index (Phi) is 11.7. The van der Waals surface area contributed by atoms with E-state index in [1.807, 2.05) is 66.7 Å². The lowest BCUT2D eigenvalue weighted by Crippen LogP contribution is -2.52. The van der Waals surface area contributed by atoms with Crippen molar-refractivity contribution >= 4 is 29.1 Å². The topological polar surface area (TPSA) is 83.8 Å². The fourth-order valence-corrected chi connectivity index (χ4v) is 8.01. The van der Waals surface area contributed by atoms with Crippen molar-refractivity contribution < 1.29 is 19.0 Å². The Morgan fingerprint density at radius 1 is 0.862 bits per heavy atom. The summed E-state index contributed by atoms with van der Waals surface area (Å²) in [6.07, 6.45) is 0.978. The molecule has 6 aromatic rings. The van der Waals surface area contributed by atoms with Crippen LogP contribution in [0.4, 0.5) is 0 Å². The number of hydrogen-bond acceptors (Lipinski definition) is 6. The zero-order valence-electron chi connectivity index (χ0n) is 32.4. The smallest absolute Gasteiger partial charge is 0.237 e. The number of nitriles is 1. The van der Waals surface area contributed by atoms with Crippen LogP contribution in [0.25, 0.3) is 11.1 Å². The summed E-state index contributed by atoms with van der Waals surface area (Å²) < 4.78 is 18.9. The molecule has 0 spiro atoms. The van der Waals surface area contributed by atoms with Gasteiger partial charge in [0.15, 0.2) is 17.6 Å². The van der Waals surface area contributed by atoms with Gasteiger partial charge in [-0.3, -0.25) is 9.69 Å². The van der Waals surface area contributed by atoms with E-state index in [2.05, 4.69) is 84.7 Å². The first-order chi connectivity index (χ1) is 28.2. The third kappa shape index (κ3) is 9.01. The van der Waals surface area contributed by atoms with Gasteiger partial charge in [-0.15, -0.1) is 0 Å². The van der Waals surface area contributed by atoms with Crippen LogP contribution in [0.15, 0.2) is 127 Å². The van der Waals surface area contributed by atoms with Crippen LogP contribution in [0.1, 0.15) is 57.5 Å². The zero-order chi connectivity index (χ0) is 40.2. The van der Waals surface area contributed by atoms with Crippen molar-refractivity contribution in [3.63, 3.8) is 0 Å². The van der Waals surface area contributed by atoms with Gasteiger partial charge in [0.2, 0.25) is 5.91 Å². The SMILES string of the molecule is Cc1ccccc1CN1Cc2cc3c(cc2C[C@H]1C(=O)N[C@H](C)Cc1ccc(-c2ccc(C#N)cc2)cc1)OCC(c1ccc(OCc2ccc(Cl)c(Cl)c2)cc1)O3. The van der Waals surface area contributed by atoms with Gasteiger partial charge in [-0.25, -0.2) is 0 Å². The number of rotatable bonds is 11. The lowest BCUT2D eigenvalue weighted by molar-refractivity contribution is -0.128. The molecule has 8 rings (SSSR count). The molecule has 9 heteroatoms. The maximum absolute atomic E-state index is 14.2. The molecule has 0 saturated carbocycles. The highest BCUT2D eigenvalue weighted by Crippen LogP contribution is 2.41. The molecule has 3 atom stereocenters. The fourth-order valence-electron chi connectivity index (χ4n) is 7.69. The van der Waals surface area contributed by atoms with Gasteiger partial charge in [-0.05, 0) is 125 Å². The summed E-state index contributed by atoms with van der Waals surface area (Å²) >= 11 is 12.2. The number of nitrogens with zero attached hydrogens (tertiary/aromatic N) is 2. The van der Waals surface area contributed by atoms with E-state index in [0.29, 0.717) is 66.3 Å². The van der Waals surface area contributed by atoms with Crippen molar-refractivity contribution in [3.05, 3.63) is 182 Å². The summed E-state index contributed by atoms with van der Waals surface area (Å²) in [4.78, 5) is 16.5. The minimum absolute atomic E-state index is 0.0141. The molecule has 0 radical (unpaired) electrons. The van der Waals surface area contributed by atoms with Gasteiger partial charge in [0.1, 0.15) is 19.0 Å². The molecule has 292 valence electrons.